The molecule has 0 unspecified atom stereocenters. The molecule has 0 aromatic heterocycles. The third-order valence-electron chi connectivity index (χ3n) is 3.45. The highest BCUT2D eigenvalue weighted by atomic mass is 32.2. The third-order valence-corrected chi connectivity index (χ3v) is 4.59. The summed E-state index contributed by atoms with van der Waals surface area (Å²) >= 11 is 1.92. The standard InChI is InChI=1S/C14H19NO2S/c1-18-13-7-5-11(6-8-13)15-14(17)10-3-2-4-12(16)9-10/h2-4,9,11,13,16H,5-8H2,1H3,(H,15,17). The Hall–Kier alpha value is -1.16. The van der Waals surface area contributed by atoms with Gasteiger partial charge in [0.2, 0.25) is 0 Å². The van der Waals surface area contributed by atoms with Crippen molar-refractivity contribution in [2.75, 3.05) is 6.26 Å². The minimum Gasteiger partial charge on any atom is -0.508 e. The lowest BCUT2D eigenvalue weighted by Gasteiger charge is -2.28. The van der Waals surface area contributed by atoms with E-state index in [-0.39, 0.29) is 17.7 Å². The predicted molar refractivity (Wildman–Crippen MR) is 75.1 cm³/mol. The van der Waals surface area contributed by atoms with Crippen LogP contribution in [0.5, 0.6) is 5.75 Å². The lowest BCUT2D eigenvalue weighted by Crippen LogP contribution is -2.38. The van der Waals surface area contributed by atoms with Gasteiger partial charge in [0.15, 0.2) is 0 Å². The van der Waals surface area contributed by atoms with Crippen molar-refractivity contribution < 1.29 is 9.90 Å². The van der Waals surface area contributed by atoms with E-state index in [1.165, 1.54) is 18.9 Å². The van der Waals surface area contributed by atoms with E-state index in [9.17, 15) is 9.90 Å². The van der Waals surface area contributed by atoms with Crippen molar-refractivity contribution in [2.24, 2.45) is 0 Å². The van der Waals surface area contributed by atoms with E-state index >= 15 is 0 Å². The van der Waals surface area contributed by atoms with Gasteiger partial charge in [-0.2, -0.15) is 11.8 Å². The average Bonchev–Trinajstić information content (AvgIpc) is 2.39. The SMILES string of the molecule is CSC1CCC(NC(=O)c2cccc(O)c2)CC1. The first-order valence-corrected chi connectivity index (χ1v) is 7.60. The van der Waals surface area contributed by atoms with E-state index in [2.05, 4.69) is 11.6 Å². The second-order valence-corrected chi connectivity index (χ2v) is 5.87. The number of phenolic OH excluding ortho intramolecular Hbond substituents is 1. The molecule has 2 N–H and O–H groups in total. The van der Waals surface area contributed by atoms with Crippen LogP contribution in [0.3, 0.4) is 0 Å². The maximum Gasteiger partial charge on any atom is 0.251 e. The van der Waals surface area contributed by atoms with Crippen LogP contribution in [0.15, 0.2) is 24.3 Å². The fourth-order valence-corrected chi connectivity index (χ4v) is 3.10. The molecule has 1 aromatic rings. The zero-order valence-electron chi connectivity index (χ0n) is 10.6. The van der Waals surface area contributed by atoms with Crippen molar-refractivity contribution in [1.82, 2.24) is 5.32 Å². The summed E-state index contributed by atoms with van der Waals surface area (Å²) in [5, 5.41) is 13.1. The third kappa shape index (κ3) is 3.42. The first kappa shape index (κ1) is 13.3. The molecule has 1 amide bonds. The Morgan fingerprint density at radius 1 is 1.33 bits per heavy atom. The molecule has 1 aromatic carbocycles. The molecule has 1 aliphatic rings. The molecular weight excluding hydrogens is 246 g/mol. The second-order valence-electron chi connectivity index (χ2n) is 4.73. The number of aromatic hydroxyl groups is 1. The van der Waals surface area contributed by atoms with Crippen LogP contribution in [0.25, 0.3) is 0 Å². The molecule has 0 atom stereocenters. The number of amides is 1. The summed E-state index contributed by atoms with van der Waals surface area (Å²) in [6, 6.07) is 6.77. The molecule has 0 bridgehead atoms. The highest BCUT2D eigenvalue weighted by Gasteiger charge is 2.22. The van der Waals surface area contributed by atoms with Gasteiger partial charge in [0.25, 0.3) is 5.91 Å². The molecule has 1 fully saturated rings. The van der Waals surface area contributed by atoms with Crippen molar-refractivity contribution in [3.63, 3.8) is 0 Å². The Kier molecular flexibility index (Phi) is 4.53. The lowest BCUT2D eigenvalue weighted by molar-refractivity contribution is 0.0928. The zero-order valence-corrected chi connectivity index (χ0v) is 11.4. The highest BCUT2D eigenvalue weighted by molar-refractivity contribution is 7.99. The van der Waals surface area contributed by atoms with Crippen LogP contribution in [-0.4, -0.2) is 28.6 Å². The van der Waals surface area contributed by atoms with E-state index < -0.39 is 0 Å². The number of hydrogen-bond acceptors (Lipinski definition) is 3. The van der Waals surface area contributed by atoms with E-state index in [1.54, 1.807) is 18.2 Å². The Bertz CT molecular complexity index is 414. The van der Waals surface area contributed by atoms with E-state index in [4.69, 9.17) is 0 Å². The van der Waals surface area contributed by atoms with Crippen molar-refractivity contribution >= 4 is 17.7 Å². The van der Waals surface area contributed by atoms with Crippen molar-refractivity contribution in [1.29, 1.82) is 0 Å². The average molecular weight is 265 g/mol. The van der Waals surface area contributed by atoms with Gasteiger partial charge in [0.05, 0.1) is 0 Å². The molecular formula is C14H19NO2S. The second kappa shape index (κ2) is 6.14. The largest absolute Gasteiger partial charge is 0.508 e. The number of carbonyl (C=O) groups excluding carboxylic acids is 1. The molecule has 1 aliphatic carbocycles. The number of thioether (sulfide) groups is 1. The van der Waals surface area contributed by atoms with Crippen LogP contribution >= 0.6 is 11.8 Å². The zero-order chi connectivity index (χ0) is 13.0. The van der Waals surface area contributed by atoms with Crippen molar-refractivity contribution in [2.45, 2.75) is 37.0 Å². The summed E-state index contributed by atoms with van der Waals surface area (Å²) in [5.74, 6) is 0.0484. The van der Waals surface area contributed by atoms with Gasteiger partial charge in [0.1, 0.15) is 5.75 Å². The number of phenols is 1. The molecule has 4 heteroatoms. The van der Waals surface area contributed by atoms with E-state index in [1.807, 2.05) is 11.8 Å². The summed E-state index contributed by atoms with van der Waals surface area (Å²) in [5.41, 5.74) is 0.530. The van der Waals surface area contributed by atoms with E-state index in [0.717, 1.165) is 18.1 Å². The van der Waals surface area contributed by atoms with Crippen LogP contribution in [0.1, 0.15) is 36.0 Å². The first-order chi connectivity index (χ1) is 8.69. The van der Waals surface area contributed by atoms with Gasteiger partial charge in [-0.3, -0.25) is 4.79 Å². The Labute approximate surface area is 112 Å². The van der Waals surface area contributed by atoms with Crippen LogP contribution in [0.4, 0.5) is 0 Å². The molecule has 0 heterocycles. The molecule has 3 nitrogen and oxygen atoms in total. The minimum absolute atomic E-state index is 0.0847. The molecule has 0 radical (unpaired) electrons. The van der Waals surface area contributed by atoms with Crippen LogP contribution in [0.2, 0.25) is 0 Å². The summed E-state index contributed by atoms with van der Waals surface area (Å²) in [6.45, 7) is 0. The molecule has 1 saturated carbocycles. The Morgan fingerprint density at radius 3 is 2.67 bits per heavy atom. The van der Waals surface area contributed by atoms with Crippen molar-refractivity contribution in [3.8, 4) is 5.75 Å². The summed E-state index contributed by atoms with van der Waals surface area (Å²) < 4.78 is 0. The molecule has 0 spiro atoms. The van der Waals surface area contributed by atoms with Crippen molar-refractivity contribution in [3.05, 3.63) is 29.8 Å². The van der Waals surface area contributed by atoms with Gasteiger partial charge >= 0.3 is 0 Å². The number of nitrogens with one attached hydrogen (secondary N) is 1. The topological polar surface area (TPSA) is 49.3 Å². The highest BCUT2D eigenvalue weighted by Crippen LogP contribution is 2.27. The minimum atomic E-state index is -0.0847. The molecule has 2 rings (SSSR count). The summed E-state index contributed by atoms with van der Waals surface area (Å²) in [7, 11) is 0. The van der Waals surface area contributed by atoms with Gasteiger partial charge in [-0.25, -0.2) is 0 Å². The molecule has 0 saturated heterocycles. The summed E-state index contributed by atoms with van der Waals surface area (Å²) in [6.07, 6.45) is 6.60. The lowest BCUT2D eigenvalue weighted by atomic mass is 9.94. The van der Waals surface area contributed by atoms with Gasteiger partial charge in [-0.15, -0.1) is 0 Å². The fourth-order valence-electron chi connectivity index (χ4n) is 2.36. The number of carbonyl (C=O) groups is 1. The fraction of sp³-hybridized carbons (Fsp3) is 0.500. The van der Waals surface area contributed by atoms with Gasteiger partial charge in [-0.05, 0) is 50.1 Å². The molecule has 18 heavy (non-hydrogen) atoms. The smallest absolute Gasteiger partial charge is 0.251 e. The van der Waals surface area contributed by atoms with Gasteiger partial charge in [-0.1, -0.05) is 6.07 Å². The number of hydrogen-bond donors (Lipinski definition) is 2. The van der Waals surface area contributed by atoms with Crippen LogP contribution in [0, 0.1) is 0 Å². The first-order valence-electron chi connectivity index (χ1n) is 6.31. The Morgan fingerprint density at radius 2 is 2.06 bits per heavy atom. The molecule has 0 aliphatic heterocycles. The number of rotatable bonds is 3. The van der Waals surface area contributed by atoms with E-state index in [0.29, 0.717) is 5.56 Å². The Balaban J connectivity index is 1.89. The number of benzene rings is 1. The van der Waals surface area contributed by atoms with Crippen LogP contribution in [-0.2, 0) is 0 Å². The van der Waals surface area contributed by atoms with Gasteiger partial charge < -0.3 is 10.4 Å². The maximum atomic E-state index is 12.0. The summed E-state index contributed by atoms with van der Waals surface area (Å²) in [4.78, 5) is 12.0. The quantitative estimate of drug-likeness (QED) is 0.883. The molecule has 98 valence electrons. The van der Waals surface area contributed by atoms with Crippen LogP contribution < -0.4 is 5.32 Å². The monoisotopic (exact) mass is 265 g/mol. The predicted octanol–water partition coefficient (Wildman–Crippen LogP) is 2.80. The maximum absolute atomic E-state index is 12.0. The van der Waals surface area contributed by atoms with Gasteiger partial charge in [0, 0.05) is 16.9 Å². The normalized spacial score (nSPS) is 23.6.